The molecule has 0 unspecified atom stereocenters. The fraction of sp³-hybridized carbons (Fsp3) is 0.400. The summed E-state index contributed by atoms with van der Waals surface area (Å²) in [6.07, 6.45) is 1.47. The van der Waals surface area contributed by atoms with Gasteiger partial charge in [-0.1, -0.05) is 18.2 Å². The number of nitrogens with one attached hydrogen (secondary N) is 2. The molecule has 1 saturated heterocycles. The molecule has 33 heavy (non-hydrogen) atoms. The Balaban J connectivity index is 1.32. The Bertz CT molecular complexity index is 909. The first-order chi connectivity index (χ1) is 16.0. The fourth-order valence-corrected chi connectivity index (χ4v) is 3.64. The summed E-state index contributed by atoms with van der Waals surface area (Å²) in [6, 6.07) is 16.5. The number of hydrogen-bond donors (Lipinski definition) is 2. The lowest BCUT2D eigenvalue weighted by Crippen LogP contribution is -2.44. The van der Waals surface area contributed by atoms with E-state index in [9.17, 15) is 14.4 Å². The van der Waals surface area contributed by atoms with Crippen molar-refractivity contribution in [1.82, 2.24) is 10.2 Å². The topological polar surface area (TPSA) is 97.0 Å². The summed E-state index contributed by atoms with van der Waals surface area (Å²) in [5.41, 5.74) is 0.640. The van der Waals surface area contributed by atoms with Crippen LogP contribution in [0.4, 0.5) is 5.69 Å². The van der Waals surface area contributed by atoms with E-state index in [4.69, 9.17) is 9.47 Å². The van der Waals surface area contributed by atoms with Crippen molar-refractivity contribution in [1.29, 1.82) is 0 Å². The van der Waals surface area contributed by atoms with Crippen LogP contribution in [0, 0.1) is 5.92 Å². The Morgan fingerprint density at radius 1 is 0.939 bits per heavy atom. The van der Waals surface area contributed by atoms with Crippen LogP contribution in [0.2, 0.25) is 0 Å². The van der Waals surface area contributed by atoms with Gasteiger partial charge in [0, 0.05) is 24.7 Å². The largest absolute Gasteiger partial charge is 0.494 e. The van der Waals surface area contributed by atoms with Gasteiger partial charge in [0.2, 0.25) is 17.7 Å². The summed E-state index contributed by atoms with van der Waals surface area (Å²) >= 11 is 0. The summed E-state index contributed by atoms with van der Waals surface area (Å²) in [6.45, 7) is 3.77. The number of carbonyl (C=O) groups excluding carboxylic acids is 3. The van der Waals surface area contributed by atoms with Gasteiger partial charge in [0.05, 0.1) is 26.2 Å². The second-order valence-electron chi connectivity index (χ2n) is 7.79. The van der Waals surface area contributed by atoms with Gasteiger partial charge >= 0.3 is 0 Å². The minimum atomic E-state index is -0.293. The Kier molecular flexibility index (Phi) is 9.11. The Morgan fingerprint density at radius 3 is 2.27 bits per heavy atom. The molecule has 0 radical (unpaired) electrons. The summed E-state index contributed by atoms with van der Waals surface area (Å²) in [5.74, 6) is 0.854. The van der Waals surface area contributed by atoms with Crippen LogP contribution >= 0.6 is 0 Å². The molecule has 2 aromatic rings. The number of nitrogens with zero attached hydrogens (tertiary/aromatic N) is 1. The van der Waals surface area contributed by atoms with Gasteiger partial charge in [-0.25, -0.2) is 0 Å². The van der Waals surface area contributed by atoms with Gasteiger partial charge in [0.25, 0.3) is 0 Å². The highest BCUT2D eigenvalue weighted by atomic mass is 16.5. The SMILES string of the molecule is CCOc1ccc(NC(=O)CNC(=O)C2CCN(C(=O)CCOc3ccccc3)CC2)cc1. The molecule has 0 spiro atoms. The minimum absolute atomic E-state index is 0.0273. The summed E-state index contributed by atoms with van der Waals surface area (Å²) in [4.78, 5) is 38.7. The zero-order valence-corrected chi connectivity index (χ0v) is 18.9. The predicted octanol–water partition coefficient (Wildman–Crippen LogP) is 2.85. The van der Waals surface area contributed by atoms with Crippen molar-refractivity contribution >= 4 is 23.4 Å². The molecule has 2 N–H and O–H groups in total. The second-order valence-corrected chi connectivity index (χ2v) is 7.79. The maximum absolute atomic E-state index is 12.4. The molecule has 1 aliphatic heterocycles. The van der Waals surface area contributed by atoms with Gasteiger partial charge in [-0.3, -0.25) is 14.4 Å². The van der Waals surface area contributed by atoms with Crippen LogP contribution in [0.3, 0.4) is 0 Å². The van der Waals surface area contributed by atoms with Crippen LogP contribution in [0.15, 0.2) is 54.6 Å². The first-order valence-corrected chi connectivity index (χ1v) is 11.3. The van der Waals surface area contributed by atoms with Crippen molar-refractivity contribution in [2.75, 3.05) is 38.2 Å². The van der Waals surface area contributed by atoms with E-state index in [0.29, 0.717) is 51.3 Å². The van der Waals surface area contributed by atoms with Crippen molar-refractivity contribution in [3.8, 4) is 11.5 Å². The molecule has 0 atom stereocenters. The summed E-state index contributed by atoms with van der Waals surface area (Å²) < 4.78 is 11.0. The zero-order chi connectivity index (χ0) is 23.5. The van der Waals surface area contributed by atoms with Crippen molar-refractivity contribution < 1.29 is 23.9 Å². The van der Waals surface area contributed by atoms with Crippen LogP contribution < -0.4 is 20.1 Å². The molecular weight excluding hydrogens is 422 g/mol. The van der Waals surface area contributed by atoms with E-state index in [2.05, 4.69) is 10.6 Å². The number of hydrogen-bond acceptors (Lipinski definition) is 5. The third-order valence-electron chi connectivity index (χ3n) is 5.42. The van der Waals surface area contributed by atoms with Gasteiger partial charge in [0.15, 0.2) is 0 Å². The average Bonchev–Trinajstić information content (AvgIpc) is 2.84. The molecule has 0 saturated carbocycles. The smallest absolute Gasteiger partial charge is 0.243 e. The highest BCUT2D eigenvalue weighted by molar-refractivity contribution is 5.94. The molecular formula is C25H31N3O5. The first-order valence-electron chi connectivity index (χ1n) is 11.3. The van der Waals surface area contributed by atoms with Crippen molar-refractivity contribution in [3.63, 3.8) is 0 Å². The number of carbonyl (C=O) groups is 3. The average molecular weight is 454 g/mol. The van der Waals surface area contributed by atoms with E-state index in [1.807, 2.05) is 37.3 Å². The standard InChI is InChI=1S/C25H31N3O5/c1-2-32-22-10-8-20(9-11-22)27-23(29)18-26-25(31)19-12-15-28(16-13-19)24(30)14-17-33-21-6-4-3-5-7-21/h3-11,19H,2,12-18H2,1H3,(H,26,31)(H,27,29). The molecule has 8 heteroatoms. The summed E-state index contributed by atoms with van der Waals surface area (Å²) in [5, 5.41) is 5.45. The van der Waals surface area contributed by atoms with Crippen LogP contribution in [0.5, 0.6) is 11.5 Å². The molecule has 1 fully saturated rings. The lowest BCUT2D eigenvalue weighted by Gasteiger charge is -2.31. The molecule has 0 aliphatic carbocycles. The Morgan fingerprint density at radius 2 is 1.61 bits per heavy atom. The van der Waals surface area contributed by atoms with Gasteiger partial charge in [-0.15, -0.1) is 0 Å². The third-order valence-corrected chi connectivity index (χ3v) is 5.42. The van der Waals surface area contributed by atoms with E-state index in [1.54, 1.807) is 29.2 Å². The van der Waals surface area contributed by atoms with E-state index in [-0.39, 0.29) is 30.2 Å². The van der Waals surface area contributed by atoms with E-state index in [0.717, 1.165) is 11.5 Å². The summed E-state index contributed by atoms with van der Waals surface area (Å²) in [7, 11) is 0. The van der Waals surface area contributed by atoms with E-state index in [1.165, 1.54) is 0 Å². The number of anilines is 1. The molecule has 0 aromatic heterocycles. The van der Waals surface area contributed by atoms with Gasteiger partial charge < -0.3 is 25.0 Å². The zero-order valence-electron chi connectivity index (χ0n) is 18.9. The second kappa shape index (κ2) is 12.5. The fourth-order valence-electron chi connectivity index (χ4n) is 3.64. The quantitative estimate of drug-likeness (QED) is 0.577. The van der Waals surface area contributed by atoms with Crippen LogP contribution in [0.25, 0.3) is 0 Å². The Hall–Kier alpha value is -3.55. The number of rotatable bonds is 10. The lowest BCUT2D eigenvalue weighted by molar-refractivity contribution is -0.136. The maximum Gasteiger partial charge on any atom is 0.243 e. The number of benzene rings is 2. The predicted molar refractivity (Wildman–Crippen MR) is 125 cm³/mol. The first kappa shape index (κ1) is 24.1. The number of piperidine rings is 1. The highest BCUT2D eigenvalue weighted by Crippen LogP contribution is 2.19. The maximum atomic E-state index is 12.4. The minimum Gasteiger partial charge on any atom is -0.494 e. The normalized spacial score (nSPS) is 13.8. The number of likely N-dealkylation sites (tertiary alicyclic amines) is 1. The monoisotopic (exact) mass is 453 g/mol. The highest BCUT2D eigenvalue weighted by Gasteiger charge is 2.27. The molecule has 8 nitrogen and oxygen atoms in total. The van der Waals surface area contributed by atoms with Crippen molar-refractivity contribution in [3.05, 3.63) is 54.6 Å². The van der Waals surface area contributed by atoms with Gasteiger partial charge in [-0.05, 0) is 56.2 Å². The molecule has 176 valence electrons. The van der Waals surface area contributed by atoms with Gasteiger partial charge in [-0.2, -0.15) is 0 Å². The molecule has 1 aliphatic rings. The number of para-hydroxylation sites is 1. The lowest BCUT2D eigenvalue weighted by atomic mass is 9.95. The molecule has 3 rings (SSSR count). The molecule has 3 amide bonds. The third kappa shape index (κ3) is 7.82. The van der Waals surface area contributed by atoms with E-state index < -0.39 is 0 Å². The number of ether oxygens (including phenoxy) is 2. The van der Waals surface area contributed by atoms with Crippen molar-refractivity contribution in [2.24, 2.45) is 5.92 Å². The Labute approximate surface area is 194 Å². The number of amides is 3. The van der Waals surface area contributed by atoms with E-state index >= 15 is 0 Å². The van der Waals surface area contributed by atoms with Crippen LogP contribution in [0.1, 0.15) is 26.2 Å². The van der Waals surface area contributed by atoms with Gasteiger partial charge in [0.1, 0.15) is 11.5 Å². The van der Waals surface area contributed by atoms with Crippen molar-refractivity contribution in [2.45, 2.75) is 26.2 Å². The molecule has 1 heterocycles. The molecule has 2 aromatic carbocycles. The van der Waals surface area contributed by atoms with Crippen LogP contribution in [-0.2, 0) is 14.4 Å². The molecule has 0 bridgehead atoms. The van der Waals surface area contributed by atoms with Crippen LogP contribution in [-0.4, -0.2) is 55.5 Å².